The first-order valence-corrected chi connectivity index (χ1v) is 4.80. The van der Waals surface area contributed by atoms with Gasteiger partial charge in [-0.2, -0.15) is 13.2 Å². The molecule has 4 heteroatoms. The number of hydrogen-bond donors (Lipinski definition) is 0. The van der Waals surface area contributed by atoms with Crippen molar-refractivity contribution < 1.29 is 17.9 Å². The van der Waals surface area contributed by atoms with Gasteiger partial charge >= 0.3 is 6.18 Å². The summed E-state index contributed by atoms with van der Waals surface area (Å²) in [6, 6.07) is 3.88. The molecule has 0 saturated carbocycles. The van der Waals surface area contributed by atoms with Crippen molar-refractivity contribution in [3.05, 3.63) is 34.9 Å². The molecule has 0 N–H and O–H groups in total. The van der Waals surface area contributed by atoms with Gasteiger partial charge in [-0.25, -0.2) is 0 Å². The van der Waals surface area contributed by atoms with Crippen molar-refractivity contribution in [1.82, 2.24) is 0 Å². The van der Waals surface area contributed by atoms with Crippen LogP contribution in [-0.2, 0) is 17.3 Å². The third-order valence-electron chi connectivity index (χ3n) is 2.65. The molecule has 15 heavy (non-hydrogen) atoms. The van der Waals surface area contributed by atoms with Gasteiger partial charge in [-0.15, -0.1) is 0 Å². The van der Waals surface area contributed by atoms with Crippen LogP contribution in [0.25, 0.3) is 0 Å². The Bertz CT molecular complexity index is 371. The maximum absolute atomic E-state index is 12.4. The second-order valence-corrected chi connectivity index (χ2v) is 3.67. The Labute approximate surface area is 85.9 Å². The summed E-state index contributed by atoms with van der Waals surface area (Å²) in [4.78, 5) is 0. The minimum atomic E-state index is -4.27. The van der Waals surface area contributed by atoms with Crippen LogP contribution in [0.3, 0.4) is 0 Å². The predicted molar refractivity (Wildman–Crippen MR) is 49.5 cm³/mol. The first kappa shape index (κ1) is 10.5. The van der Waals surface area contributed by atoms with E-state index in [1.807, 2.05) is 0 Å². The third kappa shape index (κ3) is 2.00. The molecule has 0 spiro atoms. The SMILES string of the molecule is C[C@H]1OCCc2ccc(C(F)(F)F)cc21. The van der Waals surface area contributed by atoms with Crippen molar-refractivity contribution in [2.24, 2.45) is 0 Å². The predicted octanol–water partition coefficient (Wildman–Crippen LogP) is 3.34. The van der Waals surface area contributed by atoms with Gasteiger partial charge in [0, 0.05) is 0 Å². The maximum Gasteiger partial charge on any atom is 0.416 e. The molecule has 0 fully saturated rings. The molecule has 0 bridgehead atoms. The minimum absolute atomic E-state index is 0.240. The zero-order valence-corrected chi connectivity index (χ0v) is 8.27. The lowest BCUT2D eigenvalue weighted by Crippen LogP contribution is -2.16. The lowest BCUT2D eigenvalue weighted by atomic mass is 9.96. The van der Waals surface area contributed by atoms with E-state index < -0.39 is 11.7 Å². The molecule has 1 heterocycles. The molecule has 0 aromatic heterocycles. The van der Waals surface area contributed by atoms with Crippen LogP contribution in [0.4, 0.5) is 13.2 Å². The summed E-state index contributed by atoms with van der Waals surface area (Å²) in [5, 5.41) is 0. The number of hydrogen-bond acceptors (Lipinski definition) is 1. The van der Waals surface area contributed by atoms with Gasteiger partial charge in [-0.3, -0.25) is 0 Å². The van der Waals surface area contributed by atoms with Crippen molar-refractivity contribution in [3.63, 3.8) is 0 Å². The fourth-order valence-corrected chi connectivity index (χ4v) is 1.81. The molecule has 0 aliphatic carbocycles. The summed E-state index contributed by atoms with van der Waals surface area (Å²) < 4.78 is 42.6. The number of ether oxygens (including phenoxy) is 1. The smallest absolute Gasteiger partial charge is 0.373 e. The largest absolute Gasteiger partial charge is 0.416 e. The Balaban J connectivity index is 2.44. The van der Waals surface area contributed by atoms with Crippen LogP contribution in [0.15, 0.2) is 18.2 Å². The standard InChI is InChI=1S/C11H11F3O/c1-7-10-6-9(11(12,13)14)3-2-8(10)4-5-15-7/h2-3,6-7H,4-5H2,1H3/t7-/m1/s1. The van der Waals surface area contributed by atoms with Gasteiger partial charge in [0.1, 0.15) is 0 Å². The number of benzene rings is 1. The Morgan fingerprint density at radius 1 is 1.33 bits per heavy atom. The van der Waals surface area contributed by atoms with E-state index in [0.717, 1.165) is 11.6 Å². The van der Waals surface area contributed by atoms with Crippen molar-refractivity contribution in [1.29, 1.82) is 0 Å². The molecule has 1 aromatic rings. The summed E-state index contributed by atoms with van der Waals surface area (Å²) in [6.45, 7) is 2.36. The van der Waals surface area contributed by atoms with Crippen LogP contribution in [0.2, 0.25) is 0 Å². The molecule has 82 valence electrons. The van der Waals surface area contributed by atoms with E-state index in [1.54, 1.807) is 13.0 Å². The van der Waals surface area contributed by atoms with Gasteiger partial charge in [-0.05, 0) is 36.6 Å². The van der Waals surface area contributed by atoms with Crippen LogP contribution < -0.4 is 0 Å². The number of halogens is 3. The van der Waals surface area contributed by atoms with Crippen LogP contribution in [0.5, 0.6) is 0 Å². The molecule has 0 amide bonds. The Kier molecular flexibility index (Phi) is 2.46. The highest BCUT2D eigenvalue weighted by molar-refractivity contribution is 5.36. The van der Waals surface area contributed by atoms with Crippen LogP contribution in [0, 0.1) is 0 Å². The first-order chi connectivity index (χ1) is 6.98. The van der Waals surface area contributed by atoms with Gasteiger partial charge in [0.15, 0.2) is 0 Å². The Morgan fingerprint density at radius 2 is 2.07 bits per heavy atom. The van der Waals surface area contributed by atoms with Gasteiger partial charge in [0.25, 0.3) is 0 Å². The molecule has 2 rings (SSSR count). The highest BCUT2D eigenvalue weighted by Gasteiger charge is 2.32. The quantitative estimate of drug-likeness (QED) is 0.646. The molecule has 1 nitrogen and oxygen atoms in total. The van der Waals surface area contributed by atoms with Gasteiger partial charge < -0.3 is 4.74 Å². The third-order valence-corrected chi connectivity index (χ3v) is 2.65. The lowest BCUT2D eigenvalue weighted by Gasteiger charge is -2.24. The Hall–Kier alpha value is -1.03. The average Bonchev–Trinajstić information content (AvgIpc) is 2.16. The second-order valence-electron chi connectivity index (χ2n) is 3.67. The fraction of sp³-hybridized carbons (Fsp3) is 0.455. The van der Waals surface area contributed by atoms with E-state index in [4.69, 9.17) is 4.74 Å². The molecule has 1 aliphatic heterocycles. The lowest BCUT2D eigenvalue weighted by molar-refractivity contribution is -0.137. The summed E-state index contributed by atoms with van der Waals surface area (Å²) in [6.07, 6.45) is -3.82. The van der Waals surface area contributed by atoms with Crippen molar-refractivity contribution in [2.45, 2.75) is 25.6 Å². The van der Waals surface area contributed by atoms with E-state index in [1.165, 1.54) is 6.07 Å². The van der Waals surface area contributed by atoms with Gasteiger partial charge in [0.05, 0.1) is 18.3 Å². The molecule has 1 aliphatic rings. The van der Waals surface area contributed by atoms with E-state index in [-0.39, 0.29) is 6.10 Å². The molecule has 0 radical (unpaired) electrons. The molecule has 1 aromatic carbocycles. The first-order valence-electron chi connectivity index (χ1n) is 4.80. The van der Waals surface area contributed by atoms with Crippen molar-refractivity contribution in [3.8, 4) is 0 Å². The van der Waals surface area contributed by atoms with Crippen LogP contribution in [0.1, 0.15) is 29.7 Å². The fourth-order valence-electron chi connectivity index (χ4n) is 1.81. The van der Waals surface area contributed by atoms with E-state index in [2.05, 4.69) is 0 Å². The Morgan fingerprint density at radius 3 is 2.73 bits per heavy atom. The summed E-state index contributed by atoms with van der Waals surface area (Å²) in [7, 11) is 0. The van der Waals surface area contributed by atoms with E-state index >= 15 is 0 Å². The van der Waals surface area contributed by atoms with Crippen LogP contribution in [-0.4, -0.2) is 6.61 Å². The summed E-state index contributed by atoms with van der Waals surface area (Å²) in [5.41, 5.74) is 1.02. The van der Waals surface area contributed by atoms with E-state index in [9.17, 15) is 13.2 Å². The normalized spacial score (nSPS) is 21.2. The molecular weight excluding hydrogens is 205 g/mol. The zero-order valence-electron chi connectivity index (χ0n) is 8.27. The summed E-state index contributed by atoms with van der Waals surface area (Å²) in [5.74, 6) is 0. The topological polar surface area (TPSA) is 9.23 Å². The van der Waals surface area contributed by atoms with Gasteiger partial charge in [0.2, 0.25) is 0 Å². The monoisotopic (exact) mass is 216 g/mol. The number of fused-ring (bicyclic) bond motifs is 1. The summed E-state index contributed by atoms with van der Waals surface area (Å²) >= 11 is 0. The average molecular weight is 216 g/mol. The highest BCUT2D eigenvalue weighted by atomic mass is 19.4. The zero-order chi connectivity index (χ0) is 11.1. The molecule has 0 saturated heterocycles. The number of alkyl halides is 3. The van der Waals surface area contributed by atoms with Crippen LogP contribution >= 0.6 is 0 Å². The maximum atomic E-state index is 12.4. The number of rotatable bonds is 0. The van der Waals surface area contributed by atoms with E-state index in [0.29, 0.717) is 18.6 Å². The molecule has 1 atom stereocenters. The molecular formula is C11H11F3O. The minimum Gasteiger partial charge on any atom is -0.373 e. The van der Waals surface area contributed by atoms with Gasteiger partial charge in [-0.1, -0.05) is 6.07 Å². The second kappa shape index (κ2) is 3.52. The van der Waals surface area contributed by atoms with Crippen molar-refractivity contribution in [2.75, 3.05) is 6.61 Å². The highest BCUT2D eigenvalue weighted by Crippen LogP contribution is 2.34. The molecule has 0 unspecified atom stereocenters. The van der Waals surface area contributed by atoms with Crippen molar-refractivity contribution >= 4 is 0 Å².